The van der Waals surface area contributed by atoms with Crippen LogP contribution >= 0.6 is 0 Å². The molecule has 0 radical (unpaired) electrons. The van der Waals surface area contributed by atoms with Gasteiger partial charge in [0.2, 0.25) is 0 Å². The molecule has 0 aliphatic heterocycles. The van der Waals surface area contributed by atoms with Gasteiger partial charge in [0.25, 0.3) is 0 Å². The number of hydrogen-bond donors (Lipinski definition) is 1. The first-order chi connectivity index (χ1) is 8.27. The van der Waals surface area contributed by atoms with Gasteiger partial charge in [-0.1, -0.05) is 6.07 Å². The summed E-state index contributed by atoms with van der Waals surface area (Å²) in [5.74, 6) is 0. The Labute approximate surface area is 99.6 Å². The zero-order valence-corrected chi connectivity index (χ0v) is 9.52. The summed E-state index contributed by atoms with van der Waals surface area (Å²) in [5.41, 5.74) is 1.32. The van der Waals surface area contributed by atoms with Gasteiger partial charge in [-0.15, -0.1) is 0 Å². The van der Waals surface area contributed by atoms with E-state index in [0.717, 1.165) is 16.3 Å². The molecule has 0 aliphatic carbocycles. The van der Waals surface area contributed by atoms with Gasteiger partial charge in [0.05, 0.1) is 15.9 Å². The maximum atomic E-state index is 11.3. The smallest absolute Gasteiger partial charge is 0.188 e. The summed E-state index contributed by atoms with van der Waals surface area (Å²) in [4.78, 5) is 8.77. The molecule has 5 heteroatoms. The molecule has 3 rings (SSSR count). The fraction of sp³-hybridized carbons (Fsp3) is 0. The van der Waals surface area contributed by atoms with Crippen molar-refractivity contribution in [1.82, 2.24) is 9.97 Å². The lowest BCUT2D eigenvalue weighted by Gasteiger charge is -2.05. The Balaban J connectivity index is 2.59. The minimum Gasteiger partial charge on any atom is -0.302 e. The lowest BCUT2D eigenvalue weighted by Crippen LogP contribution is -1.94. The molecule has 0 bridgehead atoms. The number of aromatic nitrogens is 2. The topological polar surface area (TPSA) is 63.1 Å². The van der Waals surface area contributed by atoms with Gasteiger partial charge < -0.3 is 4.55 Å². The zero-order chi connectivity index (χ0) is 11.8. The number of pyridine rings is 2. The quantitative estimate of drug-likeness (QED) is 0.527. The van der Waals surface area contributed by atoms with Crippen molar-refractivity contribution < 1.29 is 8.76 Å². The minimum atomic E-state index is -2.05. The van der Waals surface area contributed by atoms with E-state index >= 15 is 0 Å². The van der Waals surface area contributed by atoms with Crippen molar-refractivity contribution in [3.8, 4) is 0 Å². The van der Waals surface area contributed by atoms with Crippen molar-refractivity contribution in [2.75, 3.05) is 0 Å². The standard InChI is InChI=1S/C12H8N2O2S/c15-17(16)10-7-8-3-1-5-13-11(8)9-4-2-6-14-12(9)10/h1-7H,(H,15,16). The third-order valence-electron chi connectivity index (χ3n) is 2.61. The predicted molar refractivity (Wildman–Crippen MR) is 66.1 cm³/mol. The zero-order valence-electron chi connectivity index (χ0n) is 8.70. The normalized spacial score (nSPS) is 13.0. The lowest BCUT2D eigenvalue weighted by molar-refractivity contribution is 0.565. The molecule has 1 aromatic carbocycles. The Morgan fingerprint density at radius 1 is 1.06 bits per heavy atom. The summed E-state index contributed by atoms with van der Waals surface area (Å²) in [5, 5.41) is 1.63. The van der Waals surface area contributed by atoms with Crippen LogP contribution in [-0.2, 0) is 11.1 Å². The van der Waals surface area contributed by atoms with E-state index in [4.69, 9.17) is 0 Å². The SMILES string of the molecule is O=S(O)c1cc2cccnc2c2cccnc12. The van der Waals surface area contributed by atoms with E-state index in [2.05, 4.69) is 9.97 Å². The lowest BCUT2D eigenvalue weighted by atomic mass is 10.1. The van der Waals surface area contributed by atoms with Crippen LogP contribution in [0.25, 0.3) is 21.8 Å². The van der Waals surface area contributed by atoms with Crippen LogP contribution in [0.5, 0.6) is 0 Å². The molecule has 2 aromatic heterocycles. The number of nitrogens with zero attached hydrogens (tertiary/aromatic N) is 2. The van der Waals surface area contributed by atoms with Crippen molar-refractivity contribution in [2.24, 2.45) is 0 Å². The van der Waals surface area contributed by atoms with E-state index in [1.54, 1.807) is 30.6 Å². The fourth-order valence-corrected chi connectivity index (χ4v) is 2.45. The third kappa shape index (κ3) is 1.60. The van der Waals surface area contributed by atoms with Crippen molar-refractivity contribution in [3.05, 3.63) is 42.7 Å². The first kappa shape index (κ1) is 10.3. The molecule has 1 N–H and O–H groups in total. The molecule has 0 fully saturated rings. The number of fused-ring (bicyclic) bond motifs is 3. The summed E-state index contributed by atoms with van der Waals surface area (Å²) < 4.78 is 20.6. The molecule has 1 atom stereocenters. The Morgan fingerprint density at radius 3 is 2.53 bits per heavy atom. The number of benzene rings is 1. The van der Waals surface area contributed by atoms with Gasteiger partial charge in [-0.3, -0.25) is 9.97 Å². The van der Waals surface area contributed by atoms with E-state index in [1.807, 2.05) is 12.1 Å². The summed E-state index contributed by atoms with van der Waals surface area (Å²) >= 11 is -2.05. The monoisotopic (exact) mass is 244 g/mol. The van der Waals surface area contributed by atoms with Crippen LogP contribution in [0.3, 0.4) is 0 Å². The van der Waals surface area contributed by atoms with Gasteiger partial charge in [-0.05, 0) is 24.3 Å². The van der Waals surface area contributed by atoms with E-state index in [0.29, 0.717) is 10.4 Å². The molecular formula is C12H8N2O2S. The second-order valence-corrected chi connectivity index (χ2v) is 4.54. The molecular weight excluding hydrogens is 236 g/mol. The van der Waals surface area contributed by atoms with Crippen LogP contribution in [-0.4, -0.2) is 18.7 Å². The van der Waals surface area contributed by atoms with Crippen LogP contribution < -0.4 is 0 Å². The number of rotatable bonds is 1. The van der Waals surface area contributed by atoms with Gasteiger partial charge in [0.15, 0.2) is 11.1 Å². The highest BCUT2D eigenvalue weighted by Crippen LogP contribution is 2.27. The van der Waals surface area contributed by atoms with E-state index in [9.17, 15) is 8.76 Å². The van der Waals surface area contributed by atoms with E-state index in [-0.39, 0.29) is 0 Å². The van der Waals surface area contributed by atoms with Crippen LogP contribution in [0.2, 0.25) is 0 Å². The molecule has 0 spiro atoms. The second-order valence-electron chi connectivity index (χ2n) is 3.60. The van der Waals surface area contributed by atoms with Gasteiger partial charge in [-0.2, -0.15) is 0 Å². The average molecular weight is 244 g/mol. The molecule has 84 valence electrons. The highest BCUT2D eigenvalue weighted by atomic mass is 32.2. The van der Waals surface area contributed by atoms with Crippen molar-refractivity contribution in [1.29, 1.82) is 0 Å². The van der Waals surface area contributed by atoms with Gasteiger partial charge in [0.1, 0.15) is 0 Å². The van der Waals surface area contributed by atoms with Crippen LogP contribution in [0, 0.1) is 0 Å². The highest BCUT2D eigenvalue weighted by Gasteiger charge is 2.11. The molecule has 0 aliphatic rings. The Bertz CT molecular complexity index is 743. The first-order valence-electron chi connectivity index (χ1n) is 5.01. The van der Waals surface area contributed by atoms with Gasteiger partial charge >= 0.3 is 0 Å². The molecule has 2 heterocycles. The number of hydrogen-bond acceptors (Lipinski definition) is 3. The summed E-state index contributed by atoms with van der Waals surface area (Å²) in [6, 6.07) is 8.97. The van der Waals surface area contributed by atoms with Gasteiger partial charge in [0, 0.05) is 23.2 Å². The Hall–Kier alpha value is -1.85. The minimum absolute atomic E-state index is 0.320. The average Bonchev–Trinajstić information content (AvgIpc) is 2.37. The molecule has 0 saturated carbocycles. The maximum Gasteiger partial charge on any atom is 0.188 e. The Kier molecular flexibility index (Phi) is 2.35. The van der Waals surface area contributed by atoms with Crippen molar-refractivity contribution in [3.63, 3.8) is 0 Å². The molecule has 4 nitrogen and oxygen atoms in total. The molecule has 0 saturated heterocycles. The van der Waals surface area contributed by atoms with Crippen LogP contribution in [0.15, 0.2) is 47.6 Å². The molecule has 1 unspecified atom stereocenters. The van der Waals surface area contributed by atoms with Crippen LogP contribution in [0.1, 0.15) is 0 Å². The predicted octanol–water partition coefficient (Wildman–Crippen LogP) is 2.36. The molecule has 17 heavy (non-hydrogen) atoms. The molecule has 0 amide bonds. The molecule has 3 aromatic rings. The summed E-state index contributed by atoms with van der Waals surface area (Å²) in [7, 11) is 0. The Morgan fingerprint density at radius 2 is 1.76 bits per heavy atom. The van der Waals surface area contributed by atoms with Crippen LogP contribution in [0.4, 0.5) is 0 Å². The van der Waals surface area contributed by atoms with Crippen molar-refractivity contribution in [2.45, 2.75) is 4.90 Å². The third-order valence-corrected chi connectivity index (χ3v) is 3.30. The largest absolute Gasteiger partial charge is 0.302 e. The van der Waals surface area contributed by atoms with E-state index < -0.39 is 11.1 Å². The summed E-state index contributed by atoms with van der Waals surface area (Å²) in [6.45, 7) is 0. The highest BCUT2D eigenvalue weighted by molar-refractivity contribution is 7.79. The summed E-state index contributed by atoms with van der Waals surface area (Å²) in [6.07, 6.45) is 3.30. The van der Waals surface area contributed by atoms with E-state index in [1.165, 1.54) is 0 Å². The second kappa shape index (κ2) is 3.87. The van der Waals surface area contributed by atoms with Crippen molar-refractivity contribution >= 4 is 32.9 Å². The first-order valence-corrected chi connectivity index (χ1v) is 6.11. The van der Waals surface area contributed by atoms with Gasteiger partial charge in [-0.25, -0.2) is 4.21 Å². The fourth-order valence-electron chi connectivity index (χ4n) is 1.89. The maximum absolute atomic E-state index is 11.3.